The van der Waals surface area contributed by atoms with Crippen molar-refractivity contribution in [2.24, 2.45) is 0 Å². The van der Waals surface area contributed by atoms with E-state index in [-0.39, 0.29) is 0 Å². The Morgan fingerprint density at radius 3 is 1.50 bits per heavy atom. The molecule has 2 atom stereocenters. The summed E-state index contributed by atoms with van der Waals surface area (Å²) in [4.78, 5) is 18.0. The Labute approximate surface area is 75.7 Å². The van der Waals surface area contributed by atoms with Crippen molar-refractivity contribution in [3.63, 3.8) is 0 Å². The summed E-state index contributed by atoms with van der Waals surface area (Å²) in [5, 5.41) is 0. The Morgan fingerprint density at radius 1 is 0.917 bits per heavy atom. The van der Waals surface area contributed by atoms with Gasteiger partial charge in [0.05, 0.1) is 13.2 Å². The van der Waals surface area contributed by atoms with Crippen molar-refractivity contribution in [3.8, 4) is 0 Å². The highest BCUT2D eigenvalue weighted by molar-refractivity contribution is 7.46. The standard InChI is InChI=1S/C6H16O4P2/c1-3-11(7)9-5-6-10-12(8)4-2/h7-8H,3-6H2,1-2H3. The van der Waals surface area contributed by atoms with E-state index in [1.807, 2.05) is 13.8 Å². The van der Waals surface area contributed by atoms with Crippen LogP contribution in [0.25, 0.3) is 0 Å². The second-order valence-corrected chi connectivity index (χ2v) is 5.19. The van der Waals surface area contributed by atoms with Crippen LogP contribution in [0.2, 0.25) is 0 Å². The lowest BCUT2D eigenvalue weighted by atomic mass is 10.8. The third-order valence-corrected chi connectivity index (χ3v) is 3.15. The van der Waals surface area contributed by atoms with Crippen molar-refractivity contribution in [1.29, 1.82) is 0 Å². The van der Waals surface area contributed by atoms with Crippen LogP contribution < -0.4 is 0 Å². The van der Waals surface area contributed by atoms with Gasteiger partial charge in [-0.15, -0.1) is 0 Å². The maximum atomic E-state index is 9.01. The fraction of sp³-hybridized carbons (Fsp3) is 1.00. The molecular weight excluding hydrogens is 198 g/mol. The molecule has 0 aliphatic rings. The zero-order valence-corrected chi connectivity index (χ0v) is 9.22. The molecule has 0 rings (SSSR count). The van der Waals surface area contributed by atoms with Crippen molar-refractivity contribution in [1.82, 2.24) is 0 Å². The molecule has 0 saturated carbocycles. The number of rotatable bonds is 7. The molecule has 0 aromatic heterocycles. The molecule has 0 aliphatic heterocycles. The SMILES string of the molecule is CCP(O)OCCOP(O)CC. The van der Waals surface area contributed by atoms with Crippen LogP contribution in [0, 0.1) is 0 Å². The summed E-state index contributed by atoms with van der Waals surface area (Å²) in [6, 6.07) is 0. The molecule has 0 spiro atoms. The van der Waals surface area contributed by atoms with Crippen LogP contribution in [0.4, 0.5) is 0 Å². The second kappa shape index (κ2) is 8.31. The first kappa shape index (κ1) is 12.7. The Kier molecular flexibility index (Phi) is 8.79. The van der Waals surface area contributed by atoms with E-state index in [9.17, 15) is 0 Å². The van der Waals surface area contributed by atoms with Gasteiger partial charge in [-0.1, -0.05) is 13.8 Å². The highest BCUT2D eigenvalue weighted by atomic mass is 31.2. The monoisotopic (exact) mass is 214 g/mol. The van der Waals surface area contributed by atoms with Crippen LogP contribution >= 0.6 is 16.8 Å². The van der Waals surface area contributed by atoms with Crippen LogP contribution in [0.5, 0.6) is 0 Å². The molecule has 12 heavy (non-hydrogen) atoms. The van der Waals surface area contributed by atoms with Crippen molar-refractivity contribution < 1.29 is 18.8 Å². The zero-order valence-electron chi connectivity index (χ0n) is 7.43. The van der Waals surface area contributed by atoms with Crippen LogP contribution in [0.15, 0.2) is 0 Å². The molecule has 0 aromatic carbocycles. The van der Waals surface area contributed by atoms with Gasteiger partial charge in [0.2, 0.25) is 0 Å². The molecule has 0 bridgehead atoms. The van der Waals surface area contributed by atoms with Gasteiger partial charge in [0.15, 0.2) is 16.8 Å². The summed E-state index contributed by atoms with van der Waals surface area (Å²) in [6.45, 7) is 4.43. The molecule has 4 nitrogen and oxygen atoms in total. The van der Waals surface area contributed by atoms with Crippen molar-refractivity contribution in [2.45, 2.75) is 13.8 Å². The topological polar surface area (TPSA) is 58.9 Å². The Balaban J connectivity index is 3.10. The quantitative estimate of drug-likeness (QED) is 0.500. The van der Waals surface area contributed by atoms with E-state index >= 15 is 0 Å². The molecule has 0 amide bonds. The molecule has 6 heteroatoms. The van der Waals surface area contributed by atoms with Gasteiger partial charge in [-0.3, -0.25) is 0 Å². The summed E-state index contributed by atoms with van der Waals surface area (Å²) < 4.78 is 9.96. The van der Waals surface area contributed by atoms with Gasteiger partial charge in [-0.2, -0.15) is 0 Å². The minimum absolute atomic E-state index is 0.357. The smallest absolute Gasteiger partial charge is 0.167 e. The summed E-state index contributed by atoms with van der Waals surface area (Å²) >= 11 is 0. The molecule has 0 heterocycles. The fourth-order valence-electron chi connectivity index (χ4n) is 0.468. The first-order chi connectivity index (χ1) is 5.70. The highest BCUT2D eigenvalue weighted by Gasteiger charge is 2.03. The predicted molar refractivity (Wildman–Crippen MR) is 51.3 cm³/mol. The fourth-order valence-corrected chi connectivity index (χ4v) is 1.40. The molecule has 0 aromatic rings. The van der Waals surface area contributed by atoms with Crippen LogP contribution in [0.3, 0.4) is 0 Å². The van der Waals surface area contributed by atoms with E-state index < -0.39 is 16.8 Å². The van der Waals surface area contributed by atoms with Crippen LogP contribution in [-0.4, -0.2) is 35.3 Å². The maximum Gasteiger partial charge on any atom is 0.167 e. The van der Waals surface area contributed by atoms with Crippen molar-refractivity contribution in [3.05, 3.63) is 0 Å². The number of hydrogen-bond acceptors (Lipinski definition) is 4. The zero-order chi connectivity index (χ0) is 9.40. The van der Waals surface area contributed by atoms with Crippen molar-refractivity contribution in [2.75, 3.05) is 25.5 Å². The predicted octanol–water partition coefficient (Wildman–Crippen LogP) is 1.67. The largest absolute Gasteiger partial charge is 0.350 e. The van der Waals surface area contributed by atoms with Crippen LogP contribution in [0.1, 0.15) is 13.8 Å². The Hall–Kier alpha value is 0.700. The van der Waals surface area contributed by atoms with Gasteiger partial charge in [0.25, 0.3) is 0 Å². The molecule has 2 unspecified atom stereocenters. The summed E-state index contributed by atoms with van der Waals surface area (Å²) in [6.07, 6.45) is 1.27. The first-order valence-electron chi connectivity index (χ1n) is 3.89. The van der Waals surface area contributed by atoms with E-state index in [1.165, 1.54) is 0 Å². The lowest BCUT2D eigenvalue weighted by Gasteiger charge is -2.10. The molecule has 74 valence electrons. The van der Waals surface area contributed by atoms with E-state index in [0.29, 0.717) is 25.5 Å². The molecule has 0 saturated heterocycles. The minimum Gasteiger partial charge on any atom is -0.350 e. The van der Waals surface area contributed by atoms with Gasteiger partial charge >= 0.3 is 0 Å². The summed E-state index contributed by atoms with van der Waals surface area (Å²) in [7, 11) is -2.54. The normalized spacial score (nSPS) is 16.0. The van der Waals surface area contributed by atoms with Gasteiger partial charge in [0.1, 0.15) is 0 Å². The van der Waals surface area contributed by atoms with E-state index in [1.54, 1.807) is 0 Å². The van der Waals surface area contributed by atoms with E-state index in [4.69, 9.17) is 18.8 Å². The molecule has 0 aliphatic carbocycles. The van der Waals surface area contributed by atoms with Gasteiger partial charge in [0, 0.05) is 12.3 Å². The van der Waals surface area contributed by atoms with Gasteiger partial charge in [-0.05, 0) is 0 Å². The van der Waals surface area contributed by atoms with Crippen LogP contribution in [-0.2, 0) is 9.05 Å². The van der Waals surface area contributed by atoms with Gasteiger partial charge in [-0.25, -0.2) is 0 Å². The third kappa shape index (κ3) is 7.35. The molecule has 2 N–H and O–H groups in total. The second-order valence-electron chi connectivity index (χ2n) is 2.00. The minimum atomic E-state index is -1.27. The van der Waals surface area contributed by atoms with Gasteiger partial charge < -0.3 is 18.8 Å². The lowest BCUT2D eigenvalue weighted by Crippen LogP contribution is -1.99. The average molecular weight is 214 g/mol. The average Bonchev–Trinajstić information content (AvgIpc) is 2.11. The molecule has 0 radical (unpaired) electrons. The molecule has 0 fully saturated rings. The maximum absolute atomic E-state index is 9.01. The molecular formula is C6H16O4P2. The van der Waals surface area contributed by atoms with Crippen molar-refractivity contribution >= 4 is 16.8 Å². The lowest BCUT2D eigenvalue weighted by molar-refractivity contribution is 0.217. The summed E-state index contributed by atoms with van der Waals surface area (Å²) in [5.74, 6) is 0. The highest BCUT2D eigenvalue weighted by Crippen LogP contribution is 2.32. The first-order valence-corrected chi connectivity index (χ1v) is 6.68. The van der Waals surface area contributed by atoms with E-state index in [0.717, 1.165) is 0 Å². The Morgan fingerprint density at radius 2 is 1.25 bits per heavy atom. The summed E-state index contributed by atoms with van der Waals surface area (Å²) in [5.41, 5.74) is 0. The van der Waals surface area contributed by atoms with E-state index in [2.05, 4.69) is 0 Å². The Bertz CT molecular complexity index is 91.5. The number of hydrogen-bond donors (Lipinski definition) is 2. The third-order valence-electron chi connectivity index (χ3n) is 1.10.